The Morgan fingerprint density at radius 2 is 1.72 bits per heavy atom. The molecule has 4 rings (SSSR count). The number of nitrogens with one attached hydrogen (secondary N) is 1. The van der Waals surface area contributed by atoms with E-state index in [-0.39, 0.29) is 24.6 Å². The number of fused-ring (bicyclic) bond motifs is 1. The minimum absolute atomic E-state index is 0.148. The number of pyridine rings is 1. The molecule has 0 saturated carbocycles. The molecule has 0 spiro atoms. The summed E-state index contributed by atoms with van der Waals surface area (Å²) in [5, 5.41) is 0.945. The van der Waals surface area contributed by atoms with Crippen molar-refractivity contribution in [3.8, 4) is 0 Å². The predicted octanol–water partition coefficient (Wildman–Crippen LogP) is 4.58. The van der Waals surface area contributed by atoms with E-state index in [9.17, 15) is 9.59 Å². The third-order valence-electron chi connectivity index (χ3n) is 4.95. The van der Waals surface area contributed by atoms with Gasteiger partial charge in [-0.15, -0.1) is 0 Å². The van der Waals surface area contributed by atoms with Crippen LogP contribution in [0.4, 0.5) is 0 Å². The Morgan fingerprint density at radius 1 is 0.966 bits per heavy atom. The summed E-state index contributed by atoms with van der Waals surface area (Å²) in [6, 6.07) is 18.8. The molecule has 1 N–H and O–H groups in total. The van der Waals surface area contributed by atoms with Crippen molar-refractivity contribution in [2.45, 2.75) is 26.9 Å². The molecular weight excluding hydrogens is 364 g/mol. The van der Waals surface area contributed by atoms with Gasteiger partial charge in [0, 0.05) is 16.6 Å². The number of hydrogen-bond acceptors (Lipinski definition) is 3. The Balaban J connectivity index is 1.70. The van der Waals surface area contributed by atoms with E-state index in [0.29, 0.717) is 16.9 Å². The van der Waals surface area contributed by atoms with Crippen LogP contribution in [0, 0.1) is 13.8 Å². The third-order valence-corrected chi connectivity index (χ3v) is 4.95. The van der Waals surface area contributed by atoms with Crippen molar-refractivity contribution in [3.63, 3.8) is 0 Å². The highest BCUT2D eigenvalue weighted by atomic mass is 16.3. The largest absolute Gasteiger partial charge is 0.467 e. The zero-order chi connectivity index (χ0) is 20.4. The Labute approximate surface area is 168 Å². The highest BCUT2D eigenvalue weighted by Crippen LogP contribution is 2.17. The van der Waals surface area contributed by atoms with Crippen molar-refractivity contribution in [1.82, 2.24) is 9.88 Å². The van der Waals surface area contributed by atoms with Crippen LogP contribution in [0.1, 0.15) is 32.8 Å². The molecule has 4 aromatic rings. The fraction of sp³-hybridized carbons (Fsp3) is 0.167. The van der Waals surface area contributed by atoms with Gasteiger partial charge in [-0.3, -0.25) is 9.59 Å². The van der Waals surface area contributed by atoms with Gasteiger partial charge in [0.05, 0.1) is 19.4 Å². The van der Waals surface area contributed by atoms with E-state index in [4.69, 9.17) is 4.42 Å². The van der Waals surface area contributed by atoms with Crippen LogP contribution < -0.4 is 5.56 Å². The number of amides is 1. The van der Waals surface area contributed by atoms with Gasteiger partial charge in [0.1, 0.15) is 5.76 Å². The van der Waals surface area contributed by atoms with E-state index in [1.807, 2.05) is 56.3 Å². The number of carbonyl (C=O) groups excluding carboxylic acids is 1. The molecule has 0 unspecified atom stereocenters. The summed E-state index contributed by atoms with van der Waals surface area (Å²) in [6.45, 7) is 4.46. The number of carbonyl (C=O) groups is 1. The molecule has 0 bridgehead atoms. The van der Waals surface area contributed by atoms with E-state index in [1.54, 1.807) is 29.4 Å². The first-order valence-corrected chi connectivity index (χ1v) is 9.50. The van der Waals surface area contributed by atoms with Crippen LogP contribution in [0.3, 0.4) is 0 Å². The van der Waals surface area contributed by atoms with Gasteiger partial charge >= 0.3 is 0 Å². The molecular formula is C24H22N2O3. The van der Waals surface area contributed by atoms with Crippen LogP contribution in [-0.4, -0.2) is 15.8 Å². The number of H-pyrrole nitrogens is 1. The molecule has 0 aliphatic heterocycles. The molecule has 0 atom stereocenters. The summed E-state index contributed by atoms with van der Waals surface area (Å²) < 4.78 is 5.44. The lowest BCUT2D eigenvalue weighted by atomic mass is 10.1. The van der Waals surface area contributed by atoms with E-state index in [1.165, 1.54) is 0 Å². The van der Waals surface area contributed by atoms with Crippen LogP contribution in [-0.2, 0) is 13.1 Å². The number of hydrogen-bond donors (Lipinski definition) is 1. The van der Waals surface area contributed by atoms with E-state index in [0.717, 1.165) is 22.0 Å². The van der Waals surface area contributed by atoms with Gasteiger partial charge in [0.2, 0.25) is 0 Å². The number of aryl methyl sites for hydroxylation is 2. The van der Waals surface area contributed by atoms with Gasteiger partial charge in [-0.2, -0.15) is 0 Å². The van der Waals surface area contributed by atoms with Crippen LogP contribution in [0.2, 0.25) is 0 Å². The predicted molar refractivity (Wildman–Crippen MR) is 113 cm³/mol. The molecule has 5 nitrogen and oxygen atoms in total. The summed E-state index contributed by atoms with van der Waals surface area (Å²) in [5.41, 5.74) is 3.90. The van der Waals surface area contributed by atoms with Crippen molar-refractivity contribution in [3.05, 3.63) is 105 Å². The normalized spacial score (nSPS) is 11.0. The van der Waals surface area contributed by atoms with Crippen molar-refractivity contribution >= 4 is 16.8 Å². The van der Waals surface area contributed by atoms with Gasteiger partial charge in [-0.25, -0.2) is 0 Å². The zero-order valence-corrected chi connectivity index (χ0v) is 16.4. The molecule has 146 valence electrons. The van der Waals surface area contributed by atoms with Gasteiger partial charge in [0.15, 0.2) is 0 Å². The Morgan fingerprint density at radius 3 is 2.45 bits per heavy atom. The summed E-state index contributed by atoms with van der Waals surface area (Å²) in [7, 11) is 0. The lowest BCUT2D eigenvalue weighted by molar-refractivity contribution is 0.0717. The van der Waals surface area contributed by atoms with Gasteiger partial charge < -0.3 is 14.3 Å². The summed E-state index contributed by atoms with van der Waals surface area (Å²) in [4.78, 5) is 30.4. The van der Waals surface area contributed by atoms with Crippen molar-refractivity contribution in [2.75, 3.05) is 0 Å². The summed E-state index contributed by atoms with van der Waals surface area (Å²) in [5.74, 6) is 0.517. The van der Waals surface area contributed by atoms with E-state index in [2.05, 4.69) is 4.98 Å². The Bertz CT molecular complexity index is 1210. The van der Waals surface area contributed by atoms with E-state index < -0.39 is 0 Å². The number of rotatable bonds is 5. The SMILES string of the molecule is Cc1ccc(C(=O)N(Cc2ccco2)Cc2cc3cc(C)ccc3[nH]c2=O)cc1. The average molecular weight is 386 g/mol. The minimum atomic E-state index is -0.192. The van der Waals surface area contributed by atoms with Crippen molar-refractivity contribution in [1.29, 1.82) is 0 Å². The molecule has 0 fully saturated rings. The molecule has 0 aliphatic rings. The van der Waals surface area contributed by atoms with Crippen LogP contribution >= 0.6 is 0 Å². The second-order valence-electron chi connectivity index (χ2n) is 7.32. The fourth-order valence-corrected chi connectivity index (χ4v) is 3.36. The number of benzene rings is 2. The maximum atomic E-state index is 13.2. The summed E-state index contributed by atoms with van der Waals surface area (Å²) >= 11 is 0. The Kier molecular flexibility index (Phi) is 5.04. The average Bonchev–Trinajstić information content (AvgIpc) is 3.21. The lowest BCUT2D eigenvalue weighted by Gasteiger charge is -2.22. The standard InChI is InChI=1S/C24H22N2O3/c1-16-5-8-18(9-6-16)24(28)26(15-21-4-3-11-29-21)14-20-13-19-12-17(2)7-10-22(19)25-23(20)27/h3-13H,14-15H2,1-2H3,(H,25,27). The maximum absolute atomic E-state index is 13.2. The smallest absolute Gasteiger partial charge is 0.254 e. The van der Waals surface area contributed by atoms with Gasteiger partial charge in [-0.05, 0) is 61.7 Å². The molecule has 2 aromatic heterocycles. The Hall–Kier alpha value is -3.60. The molecule has 0 aliphatic carbocycles. The number of nitrogens with zero attached hydrogens (tertiary/aromatic N) is 1. The molecule has 29 heavy (non-hydrogen) atoms. The number of aromatic nitrogens is 1. The molecule has 1 amide bonds. The van der Waals surface area contributed by atoms with Crippen molar-refractivity contribution < 1.29 is 9.21 Å². The highest BCUT2D eigenvalue weighted by Gasteiger charge is 2.19. The first-order valence-electron chi connectivity index (χ1n) is 9.50. The first kappa shape index (κ1) is 18.7. The highest BCUT2D eigenvalue weighted by molar-refractivity contribution is 5.94. The molecule has 2 heterocycles. The van der Waals surface area contributed by atoms with Crippen LogP contribution in [0.25, 0.3) is 10.9 Å². The minimum Gasteiger partial charge on any atom is -0.467 e. The van der Waals surface area contributed by atoms with Crippen LogP contribution in [0.15, 0.2) is 76.1 Å². The fourth-order valence-electron chi connectivity index (χ4n) is 3.36. The lowest BCUT2D eigenvalue weighted by Crippen LogP contribution is -2.32. The topological polar surface area (TPSA) is 66.3 Å². The van der Waals surface area contributed by atoms with Crippen molar-refractivity contribution in [2.24, 2.45) is 0 Å². The second-order valence-corrected chi connectivity index (χ2v) is 7.32. The van der Waals surface area contributed by atoms with Gasteiger partial charge in [0.25, 0.3) is 11.5 Å². The monoisotopic (exact) mass is 386 g/mol. The van der Waals surface area contributed by atoms with E-state index >= 15 is 0 Å². The second kappa shape index (κ2) is 7.80. The van der Waals surface area contributed by atoms with Gasteiger partial charge in [-0.1, -0.05) is 29.3 Å². The molecule has 0 radical (unpaired) electrons. The third kappa shape index (κ3) is 4.14. The number of furan rings is 1. The molecule has 2 aromatic carbocycles. The molecule has 0 saturated heterocycles. The summed E-state index contributed by atoms with van der Waals surface area (Å²) in [6.07, 6.45) is 1.58. The zero-order valence-electron chi connectivity index (χ0n) is 16.4. The first-order chi connectivity index (χ1) is 14.0. The molecule has 5 heteroatoms. The number of aromatic amines is 1. The maximum Gasteiger partial charge on any atom is 0.254 e. The van der Waals surface area contributed by atoms with Crippen LogP contribution in [0.5, 0.6) is 0 Å². The quantitative estimate of drug-likeness (QED) is 0.546.